The summed E-state index contributed by atoms with van der Waals surface area (Å²) in [7, 11) is 0. The Hall–Kier alpha value is -3.54. The molecule has 3 aromatic rings. The molecule has 1 saturated heterocycles. The van der Waals surface area contributed by atoms with Crippen molar-refractivity contribution in [3.63, 3.8) is 0 Å². The van der Waals surface area contributed by atoms with Crippen LogP contribution in [0.25, 0.3) is 22.2 Å². The summed E-state index contributed by atoms with van der Waals surface area (Å²) in [6.45, 7) is 7.99. The zero-order chi connectivity index (χ0) is 26.3. The Morgan fingerprint density at radius 2 is 1.89 bits per heavy atom. The highest BCUT2D eigenvalue weighted by molar-refractivity contribution is 5.95. The SMILES string of the molecule is CCn1c(-c2ccc(NC(=O)OC3CCCC3)cc2)c(C#N)c2cc(OCCCN3CCOCC3)ccc21. The number of nitriles is 1. The van der Waals surface area contributed by atoms with Gasteiger partial charge in [-0.1, -0.05) is 12.1 Å². The Morgan fingerprint density at radius 1 is 1.13 bits per heavy atom. The lowest BCUT2D eigenvalue weighted by Gasteiger charge is -2.26. The van der Waals surface area contributed by atoms with Crippen LogP contribution in [0, 0.1) is 11.3 Å². The van der Waals surface area contributed by atoms with Crippen molar-refractivity contribution in [2.75, 3.05) is 44.8 Å². The first-order valence-corrected chi connectivity index (χ1v) is 13.7. The van der Waals surface area contributed by atoms with Crippen LogP contribution in [0.15, 0.2) is 42.5 Å². The van der Waals surface area contributed by atoms with Gasteiger partial charge < -0.3 is 18.8 Å². The summed E-state index contributed by atoms with van der Waals surface area (Å²) in [5.74, 6) is 0.774. The minimum absolute atomic E-state index is 0.0198. The first kappa shape index (κ1) is 26.1. The zero-order valence-corrected chi connectivity index (χ0v) is 22.1. The summed E-state index contributed by atoms with van der Waals surface area (Å²) in [5.41, 5.74) is 4.09. The number of nitrogens with zero attached hydrogens (tertiary/aromatic N) is 3. The van der Waals surface area contributed by atoms with Crippen molar-refractivity contribution >= 4 is 22.7 Å². The highest BCUT2D eigenvalue weighted by Crippen LogP contribution is 2.36. The molecule has 1 aromatic heterocycles. The fourth-order valence-corrected chi connectivity index (χ4v) is 5.48. The minimum atomic E-state index is -0.414. The van der Waals surface area contributed by atoms with E-state index in [1.54, 1.807) is 0 Å². The third-order valence-electron chi connectivity index (χ3n) is 7.43. The molecule has 38 heavy (non-hydrogen) atoms. The first-order chi connectivity index (χ1) is 18.7. The molecule has 5 rings (SSSR count). The number of ether oxygens (including phenoxy) is 3. The number of fused-ring (bicyclic) bond motifs is 1. The molecule has 0 bridgehead atoms. The smallest absolute Gasteiger partial charge is 0.411 e. The third-order valence-corrected chi connectivity index (χ3v) is 7.43. The standard InChI is InChI=1S/C30H36N4O4/c1-2-34-28-13-12-25(37-17-5-14-33-15-18-36-19-16-33)20-26(28)27(21-31)29(34)22-8-10-23(11-9-22)32-30(35)38-24-6-3-4-7-24/h8-13,20,24H,2-7,14-19H2,1H3,(H,32,35). The number of hydrogen-bond donors (Lipinski definition) is 1. The van der Waals surface area contributed by atoms with Gasteiger partial charge in [0.05, 0.1) is 36.6 Å². The van der Waals surface area contributed by atoms with Crippen LogP contribution in [0.4, 0.5) is 10.5 Å². The molecule has 0 radical (unpaired) electrons. The Kier molecular flexibility index (Phi) is 8.47. The van der Waals surface area contributed by atoms with Crippen LogP contribution >= 0.6 is 0 Å². The van der Waals surface area contributed by atoms with E-state index in [1.165, 1.54) is 0 Å². The van der Waals surface area contributed by atoms with E-state index in [2.05, 4.69) is 27.8 Å². The summed E-state index contributed by atoms with van der Waals surface area (Å²) in [4.78, 5) is 14.6. The molecule has 2 fully saturated rings. The lowest BCUT2D eigenvalue weighted by atomic mass is 10.1. The third kappa shape index (κ3) is 5.95. The van der Waals surface area contributed by atoms with Crippen molar-refractivity contribution in [2.24, 2.45) is 0 Å². The predicted molar refractivity (Wildman–Crippen MR) is 147 cm³/mol. The number of carbonyl (C=O) groups is 1. The van der Waals surface area contributed by atoms with Crippen LogP contribution in [0.5, 0.6) is 5.75 Å². The molecule has 8 heteroatoms. The molecule has 200 valence electrons. The molecule has 2 heterocycles. The van der Waals surface area contributed by atoms with Crippen molar-refractivity contribution in [3.05, 3.63) is 48.0 Å². The molecule has 1 aliphatic carbocycles. The molecule has 0 atom stereocenters. The van der Waals surface area contributed by atoms with E-state index in [1.807, 2.05) is 42.5 Å². The summed E-state index contributed by atoms with van der Waals surface area (Å²) in [6, 6.07) is 16.0. The van der Waals surface area contributed by atoms with Gasteiger partial charge in [0.25, 0.3) is 0 Å². The lowest BCUT2D eigenvalue weighted by molar-refractivity contribution is 0.0358. The van der Waals surface area contributed by atoms with Crippen LogP contribution in [-0.4, -0.2) is 61.1 Å². The number of hydrogen-bond acceptors (Lipinski definition) is 6. The fourth-order valence-electron chi connectivity index (χ4n) is 5.48. The van der Waals surface area contributed by atoms with Crippen molar-refractivity contribution in [1.29, 1.82) is 5.26 Å². The van der Waals surface area contributed by atoms with Crippen molar-refractivity contribution < 1.29 is 19.0 Å². The molecule has 2 aromatic carbocycles. The van der Waals surface area contributed by atoms with Gasteiger partial charge in [0.2, 0.25) is 0 Å². The van der Waals surface area contributed by atoms with Gasteiger partial charge in [-0.15, -0.1) is 0 Å². The Labute approximate surface area is 224 Å². The number of benzene rings is 2. The second kappa shape index (κ2) is 12.3. The highest BCUT2D eigenvalue weighted by Gasteiger charge is 2.21. The summed E-state index contributed by atoms with van der Waals surface area (Å²) < 4.78 is 19.1. The average molecular weight is 517 g/mol. The van der Waals surface area contributed by atoms with Crippen LogP contribution < -0.4 is 10.1 Å². The maximum atomic E-state index is 12.2. The Morgan fingerprint density at radius 3 is 2.61 bits per heavy atom. The fraction of sp³-hybridized carbons (Fsp3) is 0.467. The quantitative estimate of drug-likeness (QED) is 0.362. The Bertz CT molecular complexity index is 1280. The van der Waals surface area contributed by atoms with Gasteiger partial charge in [-0.25, -0.2) is 4.79 Å². The Balaban J connectivity index is 1.29. The molecule has 1 saturated carbocycles. The van der Waals surface area contributed by atoms with Gasteiger partial charge in [-0.3, -0.25) is 10.2 Å². The van der Waals surface area contributed by atoms with Crippen molar-refractivity contribution in [1.82, 2.24) is 9.47 Å². The van der Waals surface area contributed by atoms with Gasteiger partial charge in [-0.2, -0.15) is 5.26 Å². The predicted octanol–water partition coefficient (Wildman–Crippen LogP) is 5.79. The molecular formula is C30H36N4O4. The number of amides is 1. The summed E-state index contributed by atoms with van der Waals surface area (Å²) in [6.07, 6.45) is 4.65. The number of anilines is 1. The first-order valence-electron chi connectivity index (χ1n) is 13.7. The summed E-state index contributed by atoms with van der Waals surface area (Å²) >= 11 is 0. The number of rotatable bonds is 9. The minimum Gasteiger partial charge on any atom is -0.494 e. The maximum absolute atomic E-state index is 12.2. The van der Waals surface area contributed by atoms with Crippen LogP contribution in [0.2, 0.25) is 0 Å². The van der Waals surface area contributed by atoms with Crippen LogP contribution in [-0.2, 0) is 16.0 Å². The van der Waals surface area contributed by atoms with Gasteiger partial charge in [0, 0.05) is 37.3 Å². The van der Waals surface area contributed by atoms with Crippen molar-refractivity contribution in [2.45, 2.75) is 51.7 Å². The largest absolute Gasteiger partial charge is 0.494 e. The number of morpholine rings is 1. The van der Waals surface area contributed by atoms with E-state index < -0.39 is 6.09 Å². The molecule has 2 aliphatic rings. The van der Waals surface area contributed by atoms with Gasteiger partial charge in [-0.05, 0) is 74.9 Å². The average Bonchev–Trinajstić information content (AvgIpc) is 3.57. The van der Waals surface area contributed by atoms with E-state index in [4.69, 9.17) is 14.2 Å². The van der Waals surface area contributed by atoms with E-state index in [0.29, 0.717) is 17.9 Å². The normalized spacial score (nSPS) is 16.4. The van der Waals surface area contributed by atoms with E-state index in [9.17, 15) is 10.1 Å². The van der Waals surface area contributed by atoms with Crippen LogP contribution in [0.1, 0.15) is 44.6 Å². The molecule has 1 amide bonds. The van der Waals surface area contributed by atoms with E-state index >= 15 is 0 Å². The second-order valence-corrected chi connectivity index (χ2v) is 9.93. The molecule has 1 N–H and O–H groups in total. The number of aryl methyl sites for hydroxylation is 1. The van der Waals surface area contributed by atoms with Gasteiger partial charge >= 0.3 is 6.09 Å². The molecular weight excluding hydrogens is 480 g/mol. The second-order valence-electron chi connectivity index (χ2n) is 9.93. The zero-order valence-electron chi connectivity index (χ0n) is 22.1. The molecule has 1 aliphatic heterocycles. The van der Waals surface area contributed by atoms with E-state index in [0.717, 1.165) is 99.4 Å². The van der Waals surface area contributed by atoms with Gasteiger partial charge in [0.15, 0.2) is 0 Å². The maximum Gasteiger partial charge on any atom is 0.411 e. The summed E-state index contributed by atoms with van der Waals surface area (Å²) in [5, 5.41) is 13.9. The van der Waals surface area contributed by atoms with Crippen molar-refractivity contribution in [3.8, 4) is 23.1 Å². The number of carbonyl (C=O) groups excluding carboxylic acids is 1. The topological polar surface area (TPSA) is 88.8 Å². The lowest BCUT2D eigenvalue weighted by Crippen LogP contribution is -2.37. The highest BCUT2D eigenvalue weighted by atomic mass is 16.6. The number of aromatic nitrogens is 1. The monoisotopic (exact) mass is 516 g/mol. The molecule has 0 spiro atoms. The van der Waals surface area contributed by atoms with E-state index in [-0.39, 0.29) is 6.10 Å². The molecule has 0 unspecified atom stereocenters. The molecule has 8 nitrogen and oxygen atoms in total. The van der Waals surface area contributed by atoms with Gasteiger partial charge in [0.1, 0.15) is 17.9 Å². The van der Waals surface area contributed by atoms with Crippen LogP contribution in [0.3, 0.4) is 0 Å². The number of nitrogens with one attached hydrogen (secondary N) is 1.